The molecule has 1 aliphatic heterocycles. The number of nitriles is 1. The maximum Gasteiger partial charge on any atom is 0.271 e. The molecule has 2 aromatic rings. The maximum absolute atomic E-state index is 12.3. The average Bonchev–Trinajstić information content (AvgIpc) is 3.36. The Balaban J connectivity index is 1.57. The number of carbonyl (C=O) groups is 2. The molecule has 1 aromatic carbocycles. The highest BCUT2D eigenvalue weighted by molar-refractivity contribution is 5.96. The van der Waals surface area contributed by atoms with Crippen LogP contribution in [0.25, 0.3) is 0 Å². The summed E-state index contributed by atoms with van der Waals surface area (Å²) in [5.41, 5.74) is 7.01. The van der Waals surface area contributed by atoms with E-state index in [1.165, 1.54) is 0 Å². The molecule has 0 bridgehead atoms. The van der Waals surface area contributed by atoms with Gasteiger partial charge in [-0.1, -0.05) is 25.0 Å². The molecule has 1 aliphatic carbocycles. The van der Waals surface area contributed by atoms with Gasteiger partial charge in [0, 0.05) is 38.8 Å². The molecule has 190 valence electrons. The topological polar surface area (TPSA) is 128 Å². The lowest BCUT2D eigenvalue weighted by atomic mass is 9.80. The van der Waals surface area contributed by atoms with Crippen molar-refractivity contribution in [3.05, 3.63) is 41.7 Å². The number of benzene rings is 1. The van der Waals surface area contributed by atoms with E-state index in [1.807, 2.05) is 24.3 Å². The van der Waals surface area contributed by atoms with Gasteiger partial charge in [-0.05, 0) is 56.2 Å². The second kappa shape index (κ2) is 10.5. The molecule has 0 spiro atoms. The highest BCUT2D eigenvalue weighted by Crippen LogP contribution is 2.41. The number of rotatable bonds is 7. The lowest BCUT2D eigenvalue weighted by Crippen LogP contribution is -2.45. The summed E-state index contributed by atoms with van der Waals surface area (Å²) in [5.74, 6) is 0.595. The number of piperidine rings is 1. The first-order chi connectivity index (χ1) is 17.2. The summed E-state index contributed by atoms with van der Waals surface area (Å²) < 4.78 is 0. The molecule has 2 aliphatic rings. The standard InChI is InChI=1S/C27H35N7O2/c1-18-19(15-23(35)33(2)3)7-6-14-34(18)22-16-30-24(25(29)36)26(32-22)31-21-10-8-20(9-11-21)27(17-28)12-4-5-13-27/h8-11,16,18-19H,4-7,12-15H2,1-3H3,(H2,29,36)(H,31,32)/t18-,19+/m1/s1. The van der Waals surface area contributed by atoms with Gasteiger partial charge in [0.05, 0.1) is 17.7 Å². The molecule has 1 saturated heterocycles. The van der Waals surface area contributed by atoms with Gasteiger partial charge >= 0.3 is 0 Å². The number of aromatic nitrogens is 2. The molecule has 2 amide bonds. The van der Waals surface area contributed by atoms with E-state index in [-0.39, 0.29) is 23.6 Å². The molecular weight excluding hydrogens is 454 g/mol. The Morgan fingerprint density at radius 2 is 1.92 bits per heavy atom. The lowest BCUT2D eigenvalue weighted by Gasteiger charge is -2.40. The molecule has 2 heterocycles. The third-order valence-electron chi connectivity index (χ3n) is 7.74. The van der Waals surface area contributed by atoms with Crippen molar-refractivity contribution < 1.29 is 9.59 Å². The largest absolute Gasteiger partial charge is 0.364 e. The van der Waals surface area contributed by atoms with Gasteiger partial charge < -0.3 is 20.9 Å². The number of nitrogens with one attached hydrogen (secondary N) is 1. The van der Waals surface area contributed by atoms with Gasteiger partial charge in [-0.25, -0.2) is 9.97 Å². The van der Waals surface area contributed by atoms with Gasteiger partial charge in [0.2, 0.25) is 5.91 Å². The van der Waals surface area contributed by atoms with Crippen molar-refractivity contribution in [3.63, 3.8) is 0 Å². The number of hydrogen-bond acceptors (Lipinski definition) is 7. The molecule has 2 atom stereocenters. The Morgan fingerprint density at radius 1 is 1.22 bits per heavy atom. The van der Waals surface area contributed by atoms with E-state index in [9.17, 15) is 14.9 Å². The fourth-order valence-electron chi connectivity index (χ4n) is 5.46. The van der Waals surface area contributed by atoms with Crippen molar-refractivity contribution >= 4 is 29.1 Å². The fraction of sp³-hybridized carbons (Fsp3) is 0.519. The Kier molecular flexibility index (Phi) is 7.43. The van der Waals surface area contributed by atoms with E-state index < -0.39 is 11.3 Å². The number of amides is 2. The molecule has 36 heavy (non-hydrogen) atoms. The first kappa shape index (κ1) is 25.4. The quantitative estimate of drug-likeness (QED) is 0.606. The first-order valence-corrected chi connectivity index (χ1v) is 12.7. The van der Waals surface area contributed by atoms with Crippen LogP contribution in [0.5, 0.6) is 0 Å². The van der Waals surface area contributed by atoms with Gasteiger partial charge in [-0.3, -0.25) is 9.59 Å². The third kappa shape index (κ3) is 5.13. The van der Waals surface area contributed by atoms with E-state index in [1.54, 1.807) is 25.2 Å². The molecule has 0 unspecified atom stereocenters. The monoisotopic (exact) mass is 489 g/mol. The van der Waals surface area contributed by atoms with Crippen LogP contribution in [0.3, 0.4) is 0 Å². The fourth-order valence-corrected chi connectivity index (χ4v) is 5.46. The third-order valence-corrected chi connectivity index (χ3v) is 7.74. The van der Waals surface area contributed by atoms with E-state index >= 15 is 0 Å². The van der Waals surface area contributed by atoms with Gasteiger partial charge in [-0.15, -0.1) is 0 Å². The molecule has 9 heteroatoms. The normalized spacial score (nSPS) is 21.0. The summed E-state index contributed by atoms with van der Waals surface area (Å²) in [6.45, 7) is 2.90. The van der Waals surface area contributed by atoms with Gasteiger partial charge in [0.1, 0.15) is 5.82 Å². The second-order valence-corrected chi connectivity index (χ2v) is 10.2. The Morgan fingerprint density at radius 3 is 2.53 bits per heavy atom. The molecule has 4 rings (SSSR count). The molecule has 1 saturated carbocycles. The van der Waals surface area contributed by atoms with Crippen LogP contribution in [0.1, 0.15) is 67.9 Å². The van der Waals surface area contributed by atoms with Crippen molar-refractivity contribution in [3.8, 4) is 6.07 Å². The van der Waals surface area contributed by atoms with Crippen LogP contribution in [0.2, 0.25) is 0 Å². The van der Waals surface area contributed by atoms with Crippen LogP contribution >= 0.6 is 0 Å². The van der Waals surface area contributed by atoms with E-state index in [2.05, 4.69) is 28.2 Å². The van der Waals surface area contributed by atoms with Crippen LogP contribution in [-0.4, -0.2) is 53.4 Å². The van der Waals surface area contributed by atoms with Gasteiger partial charge in [0.15, 0.2) is 11.5 Å². The summed E-state index contributed by atoms with van der Waals surface area (Å²) in [5, 5.41) is 13.0. The predicted molar refractivity (Wildman–Crippen MR) is 139 cm³/mol. The van der Waals surface area contributed by atoms with Crippen LogP contribution in [-0.2, 0) is 10.2 Å². The average molecular weight is 490 g/mol. The van der Waals surface area contributed by atoms with Crippen molar-refractivity contribution in [2.75, 3.05) is 30.9 Å². The summed E-state index contributed by atoms with van der Waals surface area (Å²) in [7, 11) is 3.56. The highest BCUT2D eigenvalue weighted by atomic mass is 16.2. The van der Waals surface area contributed by atoms with Crippen molar-refractivity contribution in [1.82, 2.24) is 14.9 Å². The van der Waals surface area contributed by atoms with Crippen molar-refractivity contribution in [2.24, 2.45) is 11.7 Å². The SMILES string of the molecule is C[C@@H]1[C@H](CC(=O)N(C)C)CCCN1c1cnc(C(N)=O)c(Nc2ccc(C3(C#N)CCCC3)cc2)n1. The second-order valence-electron chi connectivity index (χ2n) is 10.2. The van der Waals surface area contributed by atoms with Crippen LogP contribution in [0, 0.1) is 17.2 Å². The lowest BCUT2D eigenvalue weighted by molar-refractivity contribution is -0.130. The van der Waals surface area contributed by atoms with Crippen LogP contribution < -0.4 is 16.0 Å². The van der Waals surface area contributed by atoms with E-state index in [0.717, 1.165) is 56.3 Å². The summed E-state index contributed by atoms with van der Waals surface area (Å²) in [4.78, 5) is 37.3. The first-order valence-electron chi connectivity index (χ1n) is 12.7. The van der Waals surface area contributed by atoms with Crippen molar-refractivity contribution in [1.29, 1.82) is 5.26 Å². The molecule has 2 fully saturated rings. The molecule has 3 N–H and O–H groups in total. The minimum Gasteiger partial charge on any atom is -0.364 e. The number of hydrogen-bond donors (Lipinski definition) is 2. The number of primary amides is 1. The van der Waals surface area contributed by atoms with Gasteiger partial charge in [-0.2, -0.15) is 5.26 Å². The zero-order valence-electron chi connectivity index (χ0n) is 21.3. The molecular formula is C27H35N7O2. The van der Waals surface area contributed by atoms with Gasteiger partial charge in [0.25, 0.3) is 5.91 Å². The number of nitrogens with zero attached hydrogens (tertiary/aromatic N) is 5. The van der Waals surface area contributed by atoms with Crippen molar-refractivity contribution in [2.45, 2.75) is 63.3 Å². The number of anilines is 3. The Labute approximate surface area is 212 Å². The summed E-state index contributed by atoms with van der Waals surface area (Å²) >= 11 is 0. The summed E-state index contributed by atoms with van der Waals surface area (Å²) in [6.07, 6.45) is 7.88. The highest BCUT2D eigenvalue weighted by Gasteiger charge is 2.36. The minimum atomic E-state index is -0.663. The Hall–Kier alpha value is -3.67. The van der Waals surface area contributed by atoms with Crippen LogP contribution in [0.4, 0.5) is 17.3 Å². The van der Waals surface area contributed by atoms with E-state index in [0.29, 0.717) is 18.1 Å². The number of carbonyl (C=O) groups excluding carboxylic acids is 2. The Bertz CT molecular complexity index is 1150. The molecule has 1 aromatic heterocycles. The number of nitrogens with two attached hydrogens (primary N) is 1. The predicted octanol–water partition coefficient (Wildman–Crippen LogP) is 3.74. The zero-order chi connectivity index (χ0) is 25.9. The molecule has 0 radical (unpaired) electrons. The van der Waals surface area contributed by atoms with Crippen LogP contribution in [0.15, 0.2) is 30.5 Å². The maximum atomic E-state index is 12.3. The smallest absolute Gasteiger partial charge is 0.271 e. The molecule has 9 nitrogen and oxygen atoms in total. The summed E-state index contributed by atoms with van der Waals surface area (Å²) in [6, 6.07) is 10.4. The zero-order valence-corrected chi connectivity index (χ0v) is 21.3. The minimum absolute atomic E-state index is 0.0658. The van der Waals surface area contributed by atoms with E-state index in [4.69, 9.17) is 10.7 Å².